The Morgan fingerprint density at radius 2 is 1.94 bits per heavy atom. The predicted octanol–water partition coefficient (Wildman–Crippen LogP) is 3.08. The molecule has 0 aliphatic heterocycles. The molecule has 0 amide bonds. The zero-order valence-electron chi connectivity index (χ0n) is 9.11. The van der Waals surface area contributed by atoms with E-state index < -0.39 is 17.7 Å². The van der Waals surface area contributed by atoms with Gasteiger partial charge in [-0.1, -0.05) is 6.07 Å². The van der Waals surface area contributed by atoms with Crippen LogP contribution in [0.4, 0.5) is 8.78 Å². The Morgan fingerprint density at radius 3 is 2.41 bits per heavy atom. The molecular formula is C12H11F2NOS. The summed E-state index contributed by atoms with van der Waals surface area (Å²) in [7, 11) is 1.35. The molecule has 5 heteroatoms. The molecule has 1 heterocycles. The fourth-order valence-corrected chi connectivity index (χ4v) is 2.32. The third kappa shape index (κ3) is 2.30. The van der Waals surface area contributed by atoms with Crippen LogP contribution in [0.3, 0.4) is 0 Å². The van der Waals surface area contributed by atoms with E-state index in [2.05, 4.69) is 0 Å². The molecule has 0 radical (unpaired) electrons. The van der Waals surface area contributed by atoms with E-state index in [0.717, 1.165) is 12.1 Å². The average Bonchev–Trinajstić information content (AvgIpc) is 2.81. The number of rotatable bonds is 3. The minimum absolute atomic E-state index is 0.131. The van der Waals surface area contributed by atoms with Gasteiger partial charge < -0.3 is 10.5 Å². The minimum Gasteiger partial charge on any atom is -0.497 e. The summed E-state index contributed by atoms with van der Waals surface area (Å²) in [6, 6.07) is 5.01. The van der Waals surface area contributed by atoms with E-state index in [-0.39, 0.29) is 11.3 Å². The van der Waals surface area contributed by atoms with Crippen LogP contribution in [0.15, 0.2) is 29.6 Å². The second-order valence-corrected chi connectivity index (χ2v) is 4.48. The van der Waals surface area contributed by atoms with Crippen molar-refractivity contribution in [1.29, 1.82) is 0 Å². The van der Waals surface area contributed by atoms with Crippen LogP contribution in [0.2, 0.25) is 0 Å². The lowest BCUT2D eigenvalue weighted by atomic mass is 10.0. The lowest BCUT2D eigenvalue weighted by molar-refractivity contribution is 0.404. The van der Waals surface area contributed by atoms with Gasteiger partial charge >= 0.3 is 0 Å². The monoisotopic (exact) mass is 255 g/mol. The molecule has 0 aliphatic carbocycles. The highest BCUT2D eigenvalue weighted by atomic mass is 32.1. The van der Waals surface area contributed by atoms with Gasteiger partial charge in [0.25, 0.3) is 0 Å². The summed E-state index contributed by atoms with van der Waals surface area (Å²) < 4.78 is 32.3. The molecule has 2 aromatic rings. The Balaban J connectivity index is 2.45. The van der Waals surface area contributed by atoms with Crippen LogP contribution in [-0.4, -0.2) is 7.11 Å². The van der Waals surface area contributed by atoms with Gasteiger partial charge in [-0.3, -0.25) is 0 Å². The van der Waals surface area contributed by atoms with Crippen LogP contribution >= 0.6 is 11.3 Å². The maximum atomic E-state index is 13.7. The fraction of sp³-hybridized carbons (Fsp3) is 0.167. The molecule has 17 heavy (non-hydrogen) atoms. The zero-order valence-corrected chi connectivity index (χ0v) is 9.93. The topological polar surface area (TPSA) is 35.2 Å². The van der Waals surface area contributed by atoms with Gasteiger partial charge in [0, 0.05) is 22.6 Å². The van der Waals surface area contributed by atoms with E-state index in [1.54, 1.807) is 12.1 Å². The van der Waals surface area contributed by atoms with Crippen molar-refractivity contribution in [1.82, 2.24) is 0 Å². The minimum atomic E-state index is -0.791. The van der Waals surface area contributed by atoms with Gasteiger partial charge in [-0.25, -0.2) is 8.78 Å². The number of hydrogen-bond donors (Lipinski definition) is 1. The van der Waals surface area contributed by atoms with Crippen molar-refractivity contribution in [2.75, 3.05) is 7.11 Å². The summed E-state index contributed by atoms with van der Waals surface area (Å²) in [5.74, 6) is -1.24. The molecule has 0 saturated heterocycles. The van der Waals surface area contributed by atoms with Crippen LogP contribution in [0.5, 0.6) is 5.75 Å². The van der Waals surface area contributed by atoms with Crippen LogP contribution in [0.25, 0.3) is 0 Å². The van der Waals surface area contributed by atoms with Crippen molar-refractivity contribution in [3.05, 3.63) is 51.7 Å². The van der Waals surface area contributed by atoms with Crippen LogP contribution in [-0.2, 0) is 0 Å². The molecule has 0 fully saturated rings. The summed E-state index contributed by atoms with van der Waals surface area (Å²) in [5.41, 5.74) is 5.71. The maximum absolute atomic E-state index is 13.7. The van der Waals surface area contributed by atoms with E-state index in [9.17, 15) is 8.78 Å². The maximum Gasteiger partial charge on any atom is 0.134 e. The Hall–Kier alpha value is -1.46. The number of methoxy groups -OCH3 is 1. The molecule has 1 atom stereocenters. The van der Waals surface area contributed by atoms with E-state index in [1.807, 2.05) is 5.38 Å². The first kappa shape index (κ1) is 12.0. The molecule has 0 aliphatic rings. The zero-order chi connectivity index (χ0) is 12.4. The second-order valence-electron chi connectivity index (χ2n) is 3.50. The Morgan fingerprint density at radius 1 is 1.29 bits per heavy atom. The molecule has 2 N–H and O–H groups in total. The normalized spacial score (nSPS) is 12.5. The third-order valence-electron chi connectivity index (χ3n) is 2.45. The van der Waals surface area contributed by atoms with Gasteiger partial charge in [0.15, 0.2) is 0 Å². The molecule has 90 valence electrons. The molecule has 1 aromatic heterocycles. The second kappa shape index (κ2) is 4.81. The number of hydrogen-bond acceptors (Lipinski definition) is 3. The molecule has 2 nitrogen and oxygen atoms in total. The smallest absolute Gasteiger partial charge is 0.134 e. The number of ether oxygens (including phenoxy) is 1. The lowest BCUT2D eigenvalue weighted by Gasteiger charge is -2.13. The van der Waals surface area contributed by atoms with Crippen molar-refractivity contribution < 1.29 is 13.5 Å². The van der Waals surface area contributed by atoms with Gasteiger partial charge in [0.1, 0.15) is 17.4 Å². The van der Waals surface area contributed by atoms with Crippen LogP contribution < -0.4 is 10.5 Å². The van der Waals surface area contributed by atoms with Crippen molar-refractivity contribution in [3.63, 3.8) is 0 Å². The number of nitrogens with two attached hydrogens (primary N) is 1. The first-order valence-electron chi connectivity index (χ1n) is 4.95. The van der Waals surface area contributed by atoms with Crippen molar-refractivity contribution in [3.8, 4) is 5.75 Å². The van der Waals surface area contributed by atoms with Gasteiger partial charge in [0.2, 0.25) is 0 Å². The van der Waals surface area contributed by atoms with Gasteiger partial charge in [-0.05, 0) is 11.4 Å². The Kier molecular flexibility index (Phi) is 3.40. The number of thiophene rings is 1. The standard InChI is InChI=1S/C12H11F2NOS/c1-16-7-5-8(13)11(9(14)6-7)12(15)10-3-2-4-17-10/h2-6,12H,15H2,1H3. The van der Waals surface area contributed by atoms with Crippen LogP contribution in [0, 0.1) is 11.6 Å². The molecule has 0 saturated carbocycles. The van der Waals surface area contributed by atoms with E-state index in [4.69, 9.17) is 10.5 Å². The van der Waals surface area contributed by atoms with E-state index >= 15 is 0 Å². The first-order valence-corrected chi connectivity index (χ1v) is 5.83. The highest BCUT2D eigenvalue weighted by Crippen LogP contribution is 2.30. The number of halogens is 2. The Labute approximate surface area is 102 Å². The van der Waals surface area contributed by atoms with Gasteiger partial charge in [0.05, 0.1) is 13.2 Å². The molecule has 0 bridgehead atoms. The summed E-state index contributed by atoms with van der Waals surface area (Å²) >= 11 is 1.36. The molecular weight excluding hydrogens is 244 g/mol. The molecule has 1 aromatic carbocycles. The summed E-state index contributed by atoms with van der Waals surface area (Å²) in [6.07, 6.45) is 0. The average molecular weight is 255 g/mol. The fourth-order valence-electron chi connectivity index (χ4n) is 1.59. The van der Waals surface area contributed by atoms with E-state index in [0.29, 0.717) is 4.88 Å². The quantitative estimate of drug-likeness (QED) is 0.914. The summed E-state index contributed by atoms with van der Waals surface area (Å²) in [4.78, 5) is 0.716. The first-order chi connectivity index (χ1) is 8.13. The van der Waals surface area contributed by atoms with Crippen molar-refractivity contribution in [2.45, 2.75) is 6.04 Å². The summed E-state index contributed by atoms with van der Waals surface area (Å²) in [5, 5.41) is 1.81. The van der Waals surface area contributed by atoms with Crippen molar-refractivity contribution in [2.24, 2.45) is 5.73 Å². The van der Waals surface area contributed by atoms with Crippen LogP contribution in [0.1, 0.15) is 16.5 Å². The molecule has 0 spiro atoms. The highest BCUT2D eigenvalue weighted by molar-refractivity contribution is 7.10. The Bertz CT molecular complexity index is 490. The lowest BCUT2D eigenvalue weighted by Crippen LogP contribution is -2.14. The van der Waals surface area contributed by atoms with Gasteiger partial charge in [-0.2, -0.15) is 0 Å². The largest absolute Gasteiger partial charge is 0.497 e. The molecule has 1 unspecified atom stereocenters. The third-order valence-corrected chi connectivity index (χ3v) is 3.40. The summed E-state index contributed by atoms with van der Waals surface area (Å²) in [6.45, 7) is 0. The number of benzene rings is 1. The van der Waals surface area contributed by atoms with Gasteiger partial charge in [-0.15, -0.1) is 11.3 Å². The van der Waals surface area contributed by atoms with E-state index in [1.165, 1.54) is 18.4 Å². The molecule has 2 rings (SSSR count). The van der Waals surface area contributed by atoms with Crippen molar-refractivity contribution >= 4 is 11.3 Å². The highest BCUT2D eigenvalue weighted by Gasteiger charge is 2.20. The predicted molar refractivity (Wildman–Crippen MR) is 63.3 cm³/mol. The SMILES string of the molecule is COc1cc(F)c(C(N)c2cccs2)c(F)c1.